The molecular weight excluding hydrogens is 508 g/mol. The Morgan fingerprint density at radius 2 is 1.38 bits per heavy atom. The minimum atomic E-state index is -0.651. The van der Waals surface area contributed by atoms with Crippen LogP contribution in [0.3, 0.4) is 0 Å². The first kappa shape index (κ1) is 26.3. The third kappa shape index (κ3) is 5.73. The van der Waals surface area contributed by atoms with Crippen molar-refractivity contribution in [1.29, 1.82) is 0 Å². The summed E-state index contributed by atoms with van der Waals surface area (Å²) in [5.41, 5.74) is 5.16. The van der Waals surface area contributed by atoms with E-state index in [4.69, 9.17) is 24.2 Å². The molecule has 9 heteroatoms. The van der Waals surface area contributed by atoms with E-state index >= 15 is 0 Å². The van der Waals surface area contributed by atoms with Gasteiger partial charge in [-0.15, -0.1) is 0 Å². The summed E-state index contributed by atoms with van der Waals surface area (Å²) in [6.07, 6.45) is 1.57. The molecule has 9 nitrogen and oxygen atoms in total. The van der Waals surface area contributed by atoms with Crippen LogP contribution in [0.4, 0.5) is 5.82 Å². The smallest absolute Gasteiger partial charge is 0.338 e. The molecule has 5 rings (SSSR count). The Morgan fingerprint density at radius 1 is 0.775 bits per heavy atom. The molecule has 2 aromatic heterocycles. The number of rotatable bonds is 8. The molecule has 0 aliphatic heterocycles. The number of nitrogens with one attached hydrogen (secondary N) is 1. The predicted molar refractivity (Wildman–Crippen MR) is 151 cm³/mol. The van der Waals surface area contributed by atoms with Gasteiger partial charge in [0.25, 0.3) is 5.91 Å². The number of hydrogen-bond donors (Lipinski definition) is 1. The zero-order valence-corrected chi connectivity index (χ0v) is 22.2. The lowest BCUT2D eigenvalue weighted by Crippen LogP contribution is -2.21. The maximum Gasteiger partial charge on any atom is 0.338 e. The summed E-state index contributed by atoms with van der Waals surface area (Å²) in [7, 11) is 3.22. The highest BCUT2D eigenvalue weighted by molar-refractivity contribution is 5.97. The number of carbonyl (C=O) groups excluding carboxylic acids is 2. The number of pyridine rings is 1. The van der Waals surface area contributed by atoms with E-state index in [0.717, 1.165) is 28.2 Å². The molecule has 5 aromatic rings. The Balaban J connectivity index is 1.44. The van der Waals surface area contributed by atoms with Gasteiger partial charge >= 0.3 is 5.97 Å². The van der Waals surface area contributed by atoms with Crippen LogP contribution >= 0.6 is 0 Å². The molecule has 0 aliphatic rings. The fourth-order valence-electron chi connectivity index (χ4n) is 4.08. The van der Waals surface area contributed by atoms with Gasteiger partial charge in [-0.2, -0.15) is 0 Å². The molecule has 0 saturated carbocycles. The van der Waals surface area contributed by atoms with E-state index < -0.39 is 18.5 Å². The van der Waals surface area contributed by atoms with Gasteiger partial charge in [0.05, 0.1) is 42.2 Å². The molecule has 2 heterocycles. The molecule has 1 amide bonds. The molecule has 0 atom stereocenters. The van der Waals surface area contributed by atoms with Crippen molar-refractivity contribution in [2.75, 3.05) is 26.1 Å². The Bertz CT molecular complexity index is 1690. The van der Waals surface area contributed by atoms with E-state index in [-0.39, 0.29) is 5.56 Å². The van der Waals surface area contributed by atoms with Crippen LogP contribution in [-0.4, -0.2) is 47.7 Å². The number of aryl methyl sites for hydroxylation is 1. The van der Waals surface area contributed by atoms with Gasteiger partial charge in [-0.25, -0.2) is 19.7 Å². The Hall–Kier alpha value is -5.31. The summed E-state index contributed by atoms with van der Waals surface area (Å²) in [4.78, 5) is 39.0. The lowest BCUT2D eigenvalue weighted by molar-refractivity contribution is -0.119. The van der Waals surface area contributed by atoms with Gasteiger partial charge in [-0.3, -0.25) is 4.79 Å². The normalized spacial score (nSPS) is 10.7. The fourth-order valence-corrected chi connectivity index (χ4v) is 4.08. The second kappa shape index (κ2) is 11.6. The van der Waals surface area contributed by atoms with Crippen LogP contribution in [0.1, 0.15) is 15.9 Å². The maximum atomic E-state index is 12.8. The van der Waals surface area contributed by atoms with Crippen LogP contribution in [0.5, 0.6) is 11.5 Å². The number of methoxy groups -OCH3 is 2. The van der Waals surface area contributed by atoms with Crippen LogP contribution in [0.2, 0.25) is 0 Å². The van der Waals surface area contributed by atoms with Crippen molar-refractivity contribution in [1.82, 2.24) is 15.0 Å². The Labute approximate surface area is 230 Å². The number of carbonyl (C=O) groups is 2. The largest absolute Gasteiger partial charge is 0.497 e. The number of amides is 1. The van der Waals surface area contributed by atoms with Gasteiger partial charge in [0.1, 0.15) is 17.3 Å². The third-order valence-electron chi connectivity index (χ3n) is 6.23. The van der Waals surface area contributed by atoms with E-state index in [1.165, 1.54) is 0 Å². The van der Waals surface area contributed by atoms with Gasteiger partial charge in [-0.05, 0) is 85.3 Å². The molecule has 1 N–H and O–H groups in total. The van der Waals surface area contributed by atoms with Crippen molar-refractivity contribution in [2.45, 2.75) is 6.92 Å². The lowest BCUT2D eigenvalue weighted by Gasteiger charge is -2.12. The average Bonchev–Trinajstić information content (AvgIpc) is 3.00. The molecule has 0 fully saturated rings. The summed E-state index contributed by atoms with van der Waals surface area (Å²) in [6.45, 7) is 1.37. The summed E-state index contributed by atoms with van der Waals surface area (Å²) < 4.78 is 15.9. The SMILES string of the molecule is COc1ccc(-c2nc3ccc(C(=O)OCC(=O)Nc4ncccc4C)cc3nc2-c2ccc(OC)cc2)cc1. The number of esters is 1. The topological polar surface area (TPSA) is 113 Å². The highest BCUT2D eigenvalue weighted by Gasteiger charge is 2.17. The Kier molecular flexibility index (Phi) is 7.63. The van der Waals surface area contributed by atoms with Crippen molar-refractivity contribution in [2.24, 2.45) is 0 Å². The maximum absolute atomic E-state index is 12.8. The molecule has 0 bridgehead atoms. The van der Waals surface area contributed by atoms with Crippen LogP contribution in [0.25, 0.3) is 33.5 Å². The summed E-state index contributed by atoms with van der Waals surface area (Å²) in [5, 5.41) is 2.64. The zero-order chi connectivity index (χ0) is 28.1. The average molecular weight is 535 g/mol. The van der Waals surface area contributed by atoms with Crippen molar-refractivity contribution in [3.63, 3.8) is 0 Å². The molecule has 0 aliphatic carbocycles. The van der Waals surface area contributed by atoms with Crippen LogP contribution in [0, 0.1) is 6.92 Å². The first-order valence-electron chi connectivity index (χ1n) is 12.4. The monoisotopic (exact) mass is 534 g/mol. The van der Waals surface area contributed by atoms with E-state index in [2.05, 4.69) is 10.3 Å². The number of benzene rings is 3. The molecule has 0 unspecified atom stereocenters. The number of ether oxygens (including phenoxy) is 3. The summed E-state index contributed by atoms with van der Waals surface area (Å²) >= 11 is 0. The second-order valence-electron chi connectivity index (χ2n) is 8.87. The second-order valence-corrected chi connectivity index (χ2v) is 8.87. The third-order valence-corrected chi connectivity index (χ3v) is 6.23. The Morgan fingerprint density at radius 3 is 1.95 bits per heavy atom. The standard InChI is InChI=1S/C31H26N4O5/c1-19-5-4-16-32-30(19)35-27(36)18-40-31(37)22-10-15-25-26(17-22)34-29(21-8-13-24(39-3)14-9-21)28(33-25)20-6-11-23(38-2)12-7-20/h4-17H,18H2,1-3H3,(H,32,35,36). The van der Waals surface area contributed by atoms with E-state index in [9.17, 15) is 9.59 Å². The van der Waals surface area contributed by atoms with Gasteiger partial charge in [-0.1, -0.05) is 6.07 Å². The number of hydrogen-bond acceptors (Lipinski definition) is 8. The van der Waals surface area contributed by atoms with Crippen LogP contribution in [0.15, 0.2) is 85.1 Å². The minimum Gasteiger partial charge on any atom is -0.497 e. The molecule has 0 radical (unpaired) electrons. The quantitative estimate of drug-likeness (QED) is 0.261. The predicted octanol–water partition coefficient (Wildman–Crippen LogP) is 5.48. The van der Waals surface area contributed by atoms with Crippen LogP contribution < -0.4 is 14.8 Å². The number of fused-ring (bicyclic) bond motifs is 1. The fraction of sp³-hybridized carbons (Fsp3) is 0.129. The molecule has 0 saturated heterocycles. The van der Waals surface area contributed by atoms with Gasteiger partial charge < -0.3 is 19.5 Å². The van der Waals surface area contributed by atoms with E-state index in [1.54, 1.807) is 44.7 Å². The zero-order valence-electron chi connectivity index (χ0n) is 22.2. The highest BCUT2D eigenvalue weighted by atomic mass is 16.5. The van der Waals surface area contributed by atoms with Crippen molar-refractivity contribution < 1.29 is 23.8 Å². The minimum absolute atomic E-state index is 0.251. The van der Waals surface area contributed by atoms with E-state index in [0.29, 0.717) is 28.2 Å². The number of nitrogens with zero attached hydrogens (tertiary/aromatic N) is 3. The van der Waals surface area contributed by atoms with Crippen molar-refractivity contribution in [3.8, 4) is 34.0 Å². The summed E-state index contributed by atoms with van der Waals surface area (Å²) in [6, 6.07) is 23.6. The molecule has 200 valence electrons. The lowest BCUT2D eigenvalue weighted by atomic mass is 10.0. The van der Waals surface area contributed by atoms with E-state index in [1.807, 2.05) is 61.5 Å². The molecule has 3 aromatic carbocycles. The van der Waals surface area contributed by atoms with Crippen molar-refractivity contribution in [3.05, 3.63) is 96.2 Å². The van der Waals surface area contributed by atoms with Gasteiger partial charge in [0.15, 0.2) is 6.61 Å². The van der Waals surface area contributed by atoms with Crippen molar-refractivity contribution >= 4 is 28.7 Å². The number of aromatic nitrogens is 3. The highest BCUT2D eigenvalue weighted by Crippen LogP contribution is 2.33. The number of anilines is 1. The molecule has 40 heavy (non-hydrogen) atoms. The molecule has 0 spiro atoms. The first-order valence-corrected chi connectivity index (χ1v) is 12.4. The van der Waals surface area contributed by atoms with Gasteiger partial charge in [0, 0.05) is 17.3 Å². The van der Waals surface area contributed by atoms with Crippen LogP contribution in [-0.2, 0) is 9.53 Å². The van der Waals surface area contributed by atoms with Gasteiger partial charge in [0.2, 0.25) is 0 Å². The molecular formula is C31H26N4O5. The summed E-state index contributed by atoms with van der Waals surface area (Å²) in [5.74, 6) is 0.734. The first-order chi connectivity index (χ1) is 19.4.